The van der Waals surface area contributed by atoms with E-state index in [1.54, 1.807) is 37.3 Å². The maximum Gasteiger partial charge on any atom is 0.422 e. The van der Waals surface area contributed by atoms with E-state index in [9.17, 15) is 18.0 Å². The highest BCUT2D eigenvalue weighted by molar-refractivity contribution is 7.12. The lowest BCUT2D eigenvalue weighted by molar-refractivity contribution is -0.153. The molecule has 0 N–H and O–H groups in total. The van der Waals surface area contributed by atoms with Crippen LogP contribution >= 0.6 is 11.3 Å². The van der Waals surface area contributed by atoms with Gasteiger partial charge in [-0.2, -0.15) is 13.2 Å². The molecule has 2 aromatic heterocycles. The number of hydrogen-bond donors (Lipinski definition) is 0. The van der Waals surface area contributed by atoms with E-state index in [0.29, 0.717) is 27.6 Å². The van der Waals surface area contributed by atoms with Crippen LogP contribution in [0.3, 0.4) is 0 Å². The Morgan fingerprint density at radius 3 is 2.62 bits per heavy atom. The number of aromatic nitrogens is 1. The molecule has 2 heterocycles. The monoisotopic (exact) mass is 463 g/mol. The summed E-state index contributed by atoms with van der Waals surface area (Å²) in [6.07, 6.45) is 0.111. The number of carbonyl (C=O) groups is 1. The lowest BCUT2D eigenvalue weighted by Gasteiger charge is -2.15. The number of nitrogens with zero attached hydrogens (tertiary/aromatic N) is 1. The fraction of sp³-hybridized carbons (Fsp3) is 0.217. The summed E-state index contributed by atoms with van der Waals surface area (Å²) in [7, 11) is 1.49. The molecule has 0 atom stereocenters. The minimum atomic E-state index is -4.43. The molecule has 0 bridgehead atoms. The zero-order valence-corrected chi connectivity index (χ0v) is 18.1. The third kappa shape index (κ3) is 6.34. The average Bonchev–Trinajstić information content (AvgIpc) is 3.30. The predicted octanol–water partition coefficient (Wildman–Crippen LogP) is 5.88. The largest absolute Gasteiger partial charge is 0.493 e. The van der Waals surface area contributed by atoms with E-state index in [2.05, 4.69) is 4.98 Å². The Bertz CT molecular complexity index is 1100. The number of methoxy groups -OCH3 is 1. The van der Waals surface area contributed by atoms with Crippen molar-refractivity contribution < 1.29 is 32.2 Å². The Morgan fingerprint density at radius 2 is 1.94 bits per heavy atom. The number of carbonyl (C=O) groups excluding carboxylic acids is 1. The first-order valence-corrected chi connectivity index (χ1v) is 10.4. The fourth-order valence-corrected chi connectivity index (χ4v) is 3.39. The quantitative estimate of drug-likeness (QED) is 0.293. The molecule has 168 valence electrons. The highest BCUT2D eigenvalue weighted by Crippen LogP contribution is 2.30. The van der Waals surface area contributed by atoms with Crippen LogP contribution in [0.4, 0.5) is 13.2 Å². The molecule has 0 fully saturated rings. The van der Waals surface area contributed by atoms with Crippen LogP contribution in [0.5, 0.6) is 17.2 Å². The van der Waals surface area contributed by atoms with Gasteiger partial charge in [-0.25, -0.2) is 0 Å². The second-order valence-corrected chi connectivity index (χ2v) is 7.61. The van der Waals surface area contributed by atoms with Crippen LogP contribution in [-0.2, 0) is 6.61 Å². The van der Waals surface area contributed by atoms with Gasteiger partial charge < -0.3 is 14.2 Å². The van der Waals surface area contributed by atoms with Crippen molar-refractivity contribution in [3.8, 4) is 17.2 Å². The molecule has 0 spiro atoms. The number of allylic oxidation sites excluding steroid dienone is 1. The van der Waals surface area contributed by atoms with Gasteiger partial charge in [0.05, 0.1) is 17.7 Å². The second kappa shape index (κ2) is 10.3. The summed E-state index contributed by atoms with van der Waals surface area (Å²) >= 11 is 1.37. The molecule has 3 rings (SSSR count). The topological polar surface area (TPSA) is 57.7 Å². The molecule has 0 aliphatic heterocycles. The summed E-state index contributed by atoms with van der Waals surface area (Å²) in [5.41, 5.74) is 1.65. The number of halogens is 3. The minimum absolute atomic E-state index is 0.0114. The highest BCUT2D eigenvalue weighted by atomic mass is 32.1. The van der Waals surface area contributed by atoms with Crippen LogP contribution in [0.15, 0.2) is 54.1 Å². The van der Waals surface area contributed by atoms with E-state index in [1.165, 1.54) is 36.8 Å². The zero-order chi connectivity index (χ0) is 23.1. The Hall–Kier alpha value is -3.33. The van der Waals surface area contributed by atoms with Gasteiger partial charge in [-0.15, -0.1) is 11.3 Å². The number of rotatable bonds is 9. The standard InChI is InChI=1S/C23H20F3NO4S/c1-15-17(27-10-9-19(15)31-14-23(24,25)26)13-30-20-8-6-16(12-21(20)29-2)5-7-18(28)22-4-3-11-32-22/h3-12H,13-14H2,1-2H3/b7-5+. The lowest BCUT2D eigenvalue weighted by atomic mass is 10.1. The molecule has 0 unspecified atom stereocenters. The number of hydrogen-bond acceptors (Lipinski definition) is 6. The molecule has 32 heavy (non-hydrogen) atoms. The maximum absolute atomic E-state index is 12.4. The number of pyridine rings is 1. The van der Waals surface area contributed by atoms with Gasteiger partial charge in [0.2, 0.25) is 0 Å². The Labute approximate surface area is 187 Å². The highest BCUT2D eigenvalue weighted by Gasteiger charge is 2.28. The van der Waals surface area contributed by atoms with Crippen molar-refractivity contribution in [2.24, 2.45) is 0 Å². The maximum atomic E-state index is 12.4. The van der Waals surface area contributed by atoms with Crippen LogP contribution in [0, 0.1) is 6.92 Å². The first kappa shape index (κ1) is 23.3. The van der Waals surface area contributed by atoms with Gasteiger partial charge in [0, 0.05) is 11.8 Å². The van der Waals surface area contributed by atoms with Gasteiger partial charge in [0.15, 0.2) is 23.9 Å². The van der Waals surface area contributed by atoms with Crippen molar-refractivity contribution in [1.82, 2.24) is 4.98 Å². The average molecular weight is 463 g/mol. The summed E-state index contributed by atoms with van der Waals surface area (Å²) in [6, 6.07) is 10.1. The van der Waals surface area contributed by atoms with E-state index < -0.39 is 12.8 Å². The summed E-state index contributed by atoms with van der Waals surface area (Å²) in [4.78, 5) is 16.9. The molecule has 1 aromatic carbocycles. The molecule has 0 amide bonds. The van der Waals surface area contributed by atoms with Crippen LogP contribution in [0.25, 0.3) is 6.08 Å². The summed E-state index contributed by atoms with van der Waals surface area (Å²) in [5.74, 6) is 0.877. The van der Waals surface area contributed by atoms with Gasteiger partial charge in [-0.05, 0) is 48.2 Å². The van der Waals surface area contributed by atoms with Crippen molar-refractivity contribution in [3.05, 3.63) is 75.7 Å². The van der Waals surface area contributed by atoms with Crippen LogP contribution in [0.2, 0.25) is 0 Å². The third-order valence-electron chi connectivity index (χ3n) is 4.39. The Morgan fingerprint density at radius 1 is 1.12 bits per heavy atom. The van der Waals surface area contributed by atoms with Crippen molar-refractivity contribution in [1.29, 1.82) is 0 Å². The van der Waals surface area contributed by atoms with Gasteiger partial charge in [-0.3, -0.25) is 9.78 Å². The summed E-state index contributed by atoms with van der Waals surface area (Å²) in [6.45, 7) is 0.251. The predicted molar refractivity (Wildman–Crippen MR) is 116 cm³/mol. The molecular formula is C23H20F3NO4S. The minimum Gasteiger partial charge on any atom is -0.493 e. The normalized spacial score (nSPS) is 11.5. The van der Waals surface area contributed by atoms with Gasteiger partial charge in [0.1, 0.15) is 12.4 Å². The number of ether oxygens (including phenoxy) is 3. The van der Waals surface area contributed by atoms with Gasteiger partial charge in [0.25, 0.3) is 0 Å². The van der Waals surface area contributed by atoms with E-state index in [1.807, 2.05) is 11.4 Å². The second-order valence-electron chi connectivity index (χ2n) is 6.66. The molecule has 0 saturated carbocycles. The van der Waals surface area contributed by atoms with Crippen molar-refractivity contribution in [3.63, 3.8) is 0 Å². The molecule has 0 radical (unpaired) electrons. The molecule has 9 heteroatoms. The van der Waals surface area contributed by atoms with Gasteiger partial charge in [-0.1, -0.05) is 18.2 Å². The molecule has 5 nitrogen and oxygen atoms in total. The van der Waals surface area contributed by atoms with E-state index in [-0.39, 0.29) is 18.1 Å². The van der Waals surface area contributed by atoms with Crippen LogP contribution in [0.1, 0.15) is 26.5 Å². The first-order valence-electron chi connectivity index (χ1n) is 9.47. The van der Waals surface area contributed by atoms with Gasteiger partial charge >= 0.3 is 6.18 Å². The number of thiophene rings is 1. The number of alkyl halides is 3. The molecule has 0 saturated heterocycles. The number of benzene rings is 1. The Kier molecular flexibility index (Phi) is 7.53. The number of ketones is 1. The van der Waals surface area contributed by atoms with E-state index in [4.69, 9.17) is 14.2 Å². The smallest absolute Gasteiger partial charge is 0.422 e. The Balaban J connectivity index is 1.68. The lowest BCUT2D eigenvalue weighted by Crippen LogP contribution is -2.20. The first-order chi connectivity index (χ1) is 15.3. The fourth-order valence-electron chi connectivity index (χ4n) is 2.75. The zero-order valence-electron chi connectivity index (χ0n) is 17.3. The summed E-state index contributed by atoms with van der Waals surface area (Å²) < 4.78 is 53.3. The summed E-state index contributed by atoms with van der Waals surface area (Å²) in [5, 5.41) is 1.84. The van der Waals surface area contributed by atoms with Crippen LogP contribution in [-0.4, -0.2) is 30.7 Å². The van der Waals surface area contributed by atoms with Crippen molar-refractivity contribution >= 4 is 23.2 Å². The molecule has 0 aliphatic carbocycles. The van der Waals surface area contributed by atoms with E-state index in [0.717, 1.165) is 5.56 Å². The molecule has 3 aromatic rings. The SMILES string of the molecule is COc1cc(/C=C/C(=O)c2cccs2)ccc1OCc1nccc(OCC(F)(F)F)c1C. The van der Waals surface area contributed by atoms with Crippen LogP contribution < -0.4 is 14.2 Å². The third-order valence-corrected chi connectivity index (χ3v) is 5.28. The molecular weight excluding hydrogens is 443 g/mol. The molecule has 0 aliphatic rings. The van der Waals surface area contributed by atoms with Crippen molar-refractivity contribution in [2.75, 3.05) is 13.7 Å². The van der Waals surface area contributed by atoms with Crippen molar-refractivity contribution in [2.45, 2.75) is 19.7 Å². The van der Waals surface area contributed by atoms with E-state index >= 15 is 0 Å².